The molecule has 3 rings (SSSR count). The molecule has 2 heterocycles. The van der Waals surface area contributed by atoms with Crippen LogP contribution in [0.5, 0.6) is 5.75 Å². The monoisotopic (exact) mass is 343 g/mol. The molecule has 1 amide bonds. The Morgan fingerprint density at radius 1 is 1.24 bits per heavy atom. The van der Waals surface area contributed by atoms with E-state index in [4.69, 9.17) is 4.74 Å². The first-order valence-electron chi connectivity index (χ1n) is 8.96. The first-order valence-corrected chi connectivity index (χ1v) is 8.96. The van der Waals surface area contributed by atoms with Crippen molar-refractivity contribution < 1.29 is 14.4 Å². The van der Waals surface area contributed by atoms with Crippen LogP contribution in [0.15, 0.2) is 30.5 Å². The highest BCUT2D eigenvalue weighted by atomic mass is 16.5. The van der Waals surface area contributed by atoms with E-state index in [2.05, 4.69) is 19.1 Å². The Hall–Kier alpha value is -2.34. The van der Waals surface area contributed by atoms with Crippen molar-refractivity contribution in [3.05, 3.63) is 41.7 Å². The molecule has 0 bridgehead atoms. The fourth-order valence-electron chi connectivity index (χ4n) is 3.24. The fourth-order valence-corrected chi connectivity index (χ4v) is 3.24. The lowest BCUT2D eigenvalue weighted by atomic mass is 10.1. The number of piperazine rings is 1. The highest BCUT2D eigenvalue weighted by Gasteiger charge is 2.26. The second kappa shape index (κ2) is 7.70. The Kier molecular flexibility index (Phi) is 5.38. The van der Waals surface area contributed by atoms with Gasteiger partial charge in [0.1, 0.15) is 5.75 Å². The van der Waals surface area contributed by atoms with Crippen LogP contribution in [0, 0.1) is 0 Å². The van der Waals surface area contributed by atoms with Gasteiger partial charge in [0.05, 0.1) is 63.5 Å². The minimum Gasteiger partial charge on any atom is -0.497 e. The molecular weight excluding hydrogens is 316 g/mol. The van der Waals surface area contributed by atoms with Crippen molar-refractivity contribution in [2.45, 2.75) is 19.8 Å². The number of nitrogens with one attached hydrogen (secondary N) is 1. The van der Waals surface area contributed by atoms with E-state index in [-0.39, 0.29) is 5.91 Å². The van der Waals surface area contributed by atoms with E-state index in [0.29, 0.717) is 0 Å². The summed E-state index contributed by atoms with van der Waals surface area (Å²) in [6, 6.07) is 7.77. The van der Waals surface area contributed by atoms with E-state index in [1.54, 1.807) is 13.3 Å². The van der Waals surface area contributed by atoms with Crippen molar-refractivity contribution in [1.82, 2.24) is 14.7 Å². The number of rotatable bonds is 5. The van der Waals surface area contributed by atoms with Gasteiger partial charge in [-0.05, 0) is 30.7 Å². The van der Waals surface area contributed by atoms with Crippen LogP contribution in [0.25, 0.3) is 5.69 Å². The van der Waals surface area contributed by atoms with Gasteiger partial charge in [-0.15, -0.1) is 0 Å². The SMILES string of the molecule is CCCc1c(C(=O)N2CC[NH+](C)CC2)cnn1-c1ccc(OC)cc1. The van der Waals surface area contributed by atoms with E-state index in [1.807, 2.05) is 33.8 Å². The first kappa shape index (κ1) is 17.5. The van der Waals surface area contributed by atoms with Crippen LogP contribution in [0.3, 0.4) is 0 Å². The second-order valence-corrected chi connectivity index (χ2v) is 6.61. The molecule has 0 atom stereocenters. The molecule has 6 heteroatoms. The van der Waals surface area contributed by atoms with Gasteiger partial charge in [0, 0.05) is 0 Å². The van der Waals surface area contributed by atoms with E-state index in [0.717, 1.165) is 61.7 Å². The van der Waals surface area contributed by atoms with Crippen LogP contribution < -0.4 is 9.64 Å². The summed E-state index contributed by atoms with van der Waals surface area (Å²) in [5.41, 5.74) is 2.67. The van der Waals surface area contributed by atoms with Crippen molar-refractivity contribution in [3.8, 4) is 11.4 Å². The molecule has 0 radical (unpaired) electrons. The van der Waals surface area contributed by atoms with Crippen LogP contribution in [0.4, 0.5) is 0 Å². The fraction of sp³-hybridized carbons (Fsp3) is 0.474. The van der Waals surface area contributed by atoms with Gasteiger partial charge in [0.15, 0.2) is 0 Å². The minimum absolute atomic E-state index is 0.107. The molecular formula is C19H27N4O2+. The number of hydrogen-bond donors (Lipinski definition) is 1. The average Bonchev–Trinajstić information content (AvgIpc) is 3.06. The standard InChI is InChI=1S/C19H26N4O2/c1-4-5-18-17(19(24)22-12-10-21(2)11-13-22)14-20-23(18)15-6-8-16(25-3)9-7-15/h6-9,14H,4-5,10-13H2,1-3H3/p+1. The highest BCUT2D eigenvalue weighted by molar-refractivity contribution is 5.95. The Balaban J connectivity index is 1.89. The maximum absolute atomic E-state index is 13.0. The van der Waals surface area contributed by atoms with E-state index in [1.165, 1.54) is 4.90 Å². The summed E-state index contributed by atoms with van der Waals surface area (Å²) < 4.78 is 7.11. The molecule has 1 N–H and O–H groups in total. The maximum atomic E-state index is 13.0. The van der Waals surface area contributed by atoms with Gasteiger partial charge < -0.3 is 14.5 Å². The molecule has 1 aromatic carbocycles. The molecule has 0 saturated carbocycles. The molecule has 1 saturated heterocycles. The van der Waals surface area contributed by atoms with Gasteiger partial charge in [-0.2, -0.15) is 5.10 Å². The van der Waals surface area contributed by atoms with Crippen molar-refractivity contribution in [1.29, 1.82) is 0 Å². The Morgan fingerprint density at radius 2 is 1.92 bits per heavy atom. The van der Waals surface area contributed by atoms with Crippen molar-refractivity contribution in [2.75, 3.05) is 40.3 Å². The molecule has 25 heavy (non-hydrogen) atoms. The molecule has 1 fully saturated rings. The number of nitrogens with zero attached hydrogens (tertiary/aromatic N) is 3. The molecule has 1 aliphatic rings. The van der Waals surface area contributed by atoms with E-state index < -0.39 is 0 Å². The number of hydrogen-bond acceptors (Lipinski definition) is 3. The number of quaternary nitrogens is 1. The van der Waals surface area contributed by atoms with Crippen LogP contribution in [0.1, 0.15) is 29.4 Å². The Bertz CT molecular complexity index is 716. The quantitative estimate of drug-likeness (QED) is 0.874. The van der Waals surface area contributed by atoms with Crippen LogP contribution in [-0.4, -0.2) is 60.9 Å². The number of aromatic nitrogens is 2. The lowest BCUT2D eigenvalue weighted by Gasteiger charge is -2.30. The zero-order chi connectivity index (χ0) is 17.8. The van der Waals surface area contributed by atoms with E-state index in [9.17, 15) is 4.79 Å². The predicted octanol–water partition coefficient (Wildman–Crippen LogP) is 0.804. The van der Waals surface area contributed by atoms with Gasteiger partial charge in [0.2, 0.25) is 0 Å². The molecule has 0 aliphatic carbocycles. The van der Waals surface area contributed by atoms with Crippen LogP contribution in [0.2, 0.25) is 0 Å². The van der Waals surface area contributed by atoms with Crippen molar-refractivity contribution >= 4 is 5.91 Å². The van der Waals surface area contributed by atoms with Gasteiger partial charge in [-0.3, -0.25) is 4.79 Å². The summed E-state index contributed by atoms with van der Waals surface area (Å²) in [5.74, 6) is 0.917. The lowest BCUT2D eigenvalue weighted by Crippen LogP contribution is -3.12. The molecule has 6 nitrogen and oxygen atoms in total. The normalized spacial score (nSPS) is 15.4. The number of carbonyl (C=O) groups is 1. The topological polar surface area (TPSA) is 51.8 Å². The summed E-state index contributed by atoms with van der Waals surface area (Å²) >= 11 is 0. The van der Waals surface area contributed by atoms with Gasteiger partial charge in [0.25, 0.3) is 5.91 Å². The predicted molar refractivity (Wildman–Crippen MR) is 96.6 cm³/mol. The lowest BCUT2D eigenvalue weighted by molar-refractivity contribution is -0.883. The van der Waals surface area contributed by atoms with Crippen molar-refractivity contribution in [2.24, 2.45) is 0 Å². The zero-order valence-electron chi connectivity index (χ0n) is 15.3. The van der Waals surface area contributed by atoms with Gasteiger partial charge in [-0.1, -0.05) is 13.3 Å². The third-order valence-electron chi connectivity index (χ3n) is 4.81. The van der Waals surface area contributed by atoms with Gasteiger partial charge in [-0.25, -0.2) is 4.68 Å². The molecule has 0 unspecified atom stereocenters. The minimum atomic E-state index is 0.107. The highest BCUT2D eigenvalue weighted by Crippen LogP contribution is 2.20. The first-order chi connectivity index (χ1) is 12.1. The molecule has 1 aromatic heterocycles. The van der Waals surface area contributed by atoms with Crippen LogP contribution >= 0.6 is 0 Å². The summed E-state index contributed by atoms with van der Waals surface area (Å²) in [7, 11) is 3.83. The number of benzene rings is 1. The van der Waals surface area contributed by atoms with Crippen LogP contribution in [-0.2, 0) is 6.42 Å². The average molecular weight is 343 g/mol. The molecule has 2 aromatic rings. The maximum Gasteiger partial charge on any atom is 0.257 e. The molecule has 0 spiro atoms. The smallest absolute Gasteiger partial charge is 0.257 e. The second-order valence-electron chi connectivity index (χ2n) is 6.61. The Labute approximate surface area is 149 Å². The largest absolute Gasteiger partial charge is 0.497 e. The third kappa shape index (κ3) is 3.69. The zero-order valence-corrected chi connectivity index (χ0v) is 15.3. The number of methoxy groups -OCH3 is 1. The number of carbonyl (C=O) groups excluding carboxylic acids is 1. The van der Waals surface area contributed by atoms with Crippen molar-refractivity contribution in [3.63, 3.8) is 0 Å². The third-order valence-corrected chi connectivity index (χ3v) is 4.81. The molecule has 134 valence electrons. The summed E-state index contributed by atoms with van der Waals surface area (Å²) in [5, 5.41) is 4.51. The number of likely N-dealkylation sites (N-methyl/N-ethyl adjacent to an activating group) is 1. The number of ether oxygens (including phenoxy) is 1. The summed E-state index contributed by atoms with van der Waals surface area (Å²) in [6.07, 6.45) is 3.52. The number of amides is 1. The summed E-state index contributed by atoms with van der Waals surface area (Å²) in [4.78, 5) is 16.4. The van der Waals surface area contributed by atoms with E-state index >= 15 is 0 Å². The summed E-state index contributed by atoms with van der Waals surface area (Å²) in [6.45, 7) is 5.75. The Morgan fingerprint density at radius 3 is 2.52 bits per heavy atom. The molecule has 1 aliphatic heterocycles. The van der Waals surface area contributed by atoms with Gasteiger partial charge >= 0.3 is 0 Å².